The van der Waals surface area contributed by atoms with Crippen molar-refractivity contribution in [3.8, 4) is 0 Å². The van der Waals surface area contributed by atoms with E-state index in [1.165, 1.54) is 24.8 Å². The molecule has 102 valence electrons. The summed E-state index contributed by atoms with van der Waals surface area (Å²) in [5, 5.41) is 0. The highest BCUT2D eigenvalue weighted by Crippen LogP contribution is 2.36. The number of aromatic nitrogens is 1. The van der Waals surface area contributed by atoms with Crippen LogP contribution in [0.4, 0.5) is 0 Å². The van der Waals surface area contributed by atoms with Crippen LogP contribution in [-0.4, -0.2) is 10.8 Å². The summed E-state index contributed by atoms with van der Waals surface area (Å²) < 4.78 is 0. The van der Waals surface area contributed by atoms with Crippen molar-refractivity contribution in [1.82, 2.24) is 4.98 Å². The number of pyridine rings is 1. The lowest BCUT2D eigenvalue weighted by Gasteiger charge is -2.26. The molecule has 1 saturated carbocycles. The molecule has 0 radical (unpaired) electrons. The molecule has 20 heavy (non-hydrogen) atoms. The molecule has 1 aromatic heterocycles. The topological polar surface area (TPSA) is 30.0 Å². The summed E-state index contributed by atoms with van der Waals surface area (Å²) in [4.78, 5) is 17.0. The third-order valence-corrected chi connectivity index (χ3v) is 4.20. The number of aryl methyl sites for hydroxylation is 2. The fourth-order valence-corrected chi connectivity index (χ4v) is 2.76. The first kappa shape index (κ1) is 13.0. The number of carbonyl (C=O) groups excluding carboxylic acids is 1. The first-order valence-electron chi connectivity index (χ1n) is 7.24. The van der Waals surface area contributed by atoms with Gasteiger partial charge in [-0.05, 0) is 56.4 Å². The van der Waals surface area contributed by atoms with Gasteiger partial charge in [0, 0.05) is 22.5 Å². The van der Waals surface area contributed by atoms with Crippen LogP contribution in [0.15, 0.2) is 36.4 Å². The predicted octanol–water partition coefficient (Wildman–Crippen LogP) is 4.20. The zero-order valence-electron chi connectivity index (χ0n) is 12.0. The molecule has 1 aliphatic rings. The summed E-state index contributed by atoms with van der Waals surface area (Å²) in [6.07, 6.45) is 3.81. The van der Waals surface area contributed by atoms with E-state index in [0.717, 1.165) is 17.0 Å². The molecule has 1 fully saturated rings. The van der Waals surface area contributed by atoms with E-state index in [0.29, 0.717) is 11.5 Å². The van der Waals surface area contributed by atoms with Crippen molar-refractivity contribution >= 4 is 5.78 Å². The standard InChI is InChI=1S/C18H19NO/c1-12-9-10-17(13(2)19-12)18(20)16-8-4-7-15(11-16)14-5-3-6-14/h4,7-11,14H,3,5-6H2,1-2H3. The zero-order chi connectivity index (χ0) is 14.1. The van der Waals surface area contributed by atoms with Crippen LogP contribution in [0.2, 0.25) is 0 Å². The van der Waals surface area contributed by atoms with Crippen molar-refractivity contribution < 1.29 is 4.79 Å². The van der Waals surface area contributed by atoms with E-state index in [1.54, 1.807) is 0 Å². The maximum Gasteiger partial charge on any atom is 0.194 e. The van der Waals surface area contributed by atoms with Gasteiger partial charge >= 0.3 is 0 Å². The molecule has 1 aromatic carbocycles. The summed E-state index contributed by atoms with van der Waals surface area (Å²) in [7, 11) is 0. The van der Waals surface area contributed by atoms with Gasteiger partial charge < -0.3 is 0 Å². The van der Waals surface area contributed by atoms with Crippen LogP contribution >= 0.6 is 0 Å². The van der Waals surface area contributed by atoms with E-state index in [-0.39, 0.29) is 5.78 Å². The molecule has 2 nitrogen and oxygen atoms in total. The van der Waals surface area contributed by atoms with Crippen molar-refractivity contribution in [1.29, 1.82) is 0 Å². The summed E-state index contributed by atoms with van der Waals surface area (Å²) in [6, 6.07) is 11.9. The molecule has 1 heterocycles. The molecule has 0 unspecified atom stereocenters. The zero-order valence-corrected chi connectivity index (χ0v) is 12.0. The van der Waals surface area contributed by atoms with Crippen LogP contribution in [0.25, 0.3) is 0 Å². The van der Waals surface area contributed by atoms with E-state index in [1.807, 2.05) is 38.1 Å². The van der Waals surface area contributed by atoms with Gasteiger partial charge in [-0.3, -0.25) is 9.78 Å². The van der Waals surface area contributed by atoms with Crippen LogP contribution < -0.4 is 0 Å². The van der Waals surface area contributed by atoms with Gasteiger partial charge in [-0.2, -0.15) is 0 Å². The van der Waals surface area contributed by atoms with Gasteiger partial charge in [-0.15, -0.1) is 0 Å². The van der Waals surface area contributed by atoms with Gasteiger partial charge in [0.2, 0.25) is 0 Å². The summed E-state index contributed by atoms with van der Waals surface area (Å²) in [6.45, 7) is 3.84. The minimum Gasteiger partial charge on any atom is -0.289 e. The molecule has 2 aromatic rings. The molecule has 0 spiro atoms. The molecule has 2 heteroatoms. The van der Waals surface area contributed by atoms with Crippen LogP contribution in [0.1, 0.15) is 58.1 Å². The van der Waals surface area contributed by atoms with Crippen molar-refractivity contribution in [2.75, 3.05) is 0 Å². The summed E-state index contributed by atoms with van der Waals surface area (Å²) >= 11 is 0. The highest BCUT2D eigenvalue weighted by Gasteiger charge is 2.21. The van der Waals surface area contributed by atoms with Gasteiger partial charge in [-0.1, -0.05) is 24.6 Å². The van der Waals surface area contributed by atoms with Gasteiger partial charge in [0.15, 0.2) is 5.78 Å². The molecule has 0 aliphatic heterocycles. The molecule has 3 rings (SSSR count). The number of rotatable bonds is 3. The van der Waals surface area contributed by atoms with Crippen LogP contribution in [0, 0.1) is 13.8 Å². The second-order valence-corrected chi connectivity index (χ2v) is 5.67. The Kier molecular flexibility index (Phi) is 3.39. The normalized spacial score (nSPS) is 14.9. The van der Waals surface area contributed by atoms with E-state index in [9.17, 15) is 4.79 Å². The number of benzene rings is 1. The lowest BCUT2D eigenvalue weighted by atomic mass is 9.79. The first-order valence-corrected chi connectivity index (χ1v) is 7.24. The SMILES string of the molecule is Cc1ccc(C(=O)c2cccc(C3CCC3)c2)c(C)n1. The fraction of sp³-hybridized carbons (Fsp3) is 0.333. The molecule has 0 saturated heterocycles. The minimum absolute atomic E-state index is 0.0798. The lowest BCUT2D eigenvalue weighted by Crippen LogP contribution is -2.11. The number of hydrogen-bond donors (Lipinski definition) is 0. The van der Waals surface area contributed by atoms with E-state index >= 15 is 0 Å². The molecular formula is C18H19NO. The number of carbonyl (C=O) groups is 1. The smallest absolute Gasteiger partial charge is 0.194 e. The molecular weight excluding hydrogens is 246 g/mol. The molecule has 1 aliphatic carbocycles. The average Bonchev–Trinajstić information content (AvgIpc) is 2.36. The Hall–Kier alpha value is -1.96. The largest absolute Gasteiger partial charge is 0.289 e. The number of nitrogens with zero attached hydrogens (tertiary/aromatic N) is 1. The summed E-state index contributed by atoms with van der Waals surface area (Å²) in [5.41, 5.74) is 4.55. The Morgan fingerprint density at radius 3 is 2.60 bits per heavy atom. The van der Waals surface area contributed by atoms with Gasteiger partial charge in [0.05, 0.1) is 0 Å². The van der Waals surface area contributed by atoms with Crippen molar-refractivity contribution in [2.45, 2.75) is 39.0 Å². The van der Waals surface area contributed by atoms with Crippen molar-refractivity contribution in [3.63, 3.8) is 0 Å². The highest BCUT2D eigenvalue weighted by molar-refractivity contribution is 6.09. The number of hydrogen-bond acceptors (Lipinski definition) is 2. The third-order valence-electron chi connectivity index (χ3n) is 4.20. The number of ketones is 1. The third kappa shape index (κ3) is 2.38. The lowest BCUT2D eigenvalue weighted by molar-refractivity contribution is 0.103. The molecule has 0 amide bonds. The Labute approximate surface area is 119 Å². The summed E-state index contributed by atoms with van der Waals surface area (Å²) in [5.74, 6) is 0.733. The van der Waals surface area contributed by atoms with Crippen molar-refractivity contribution in [2.24, 2.45) is 0 Å². The predicted molar refractivity (Wildman–Crippen MR) is 80.2 cm³/mol. The van der Waals surface area contributed by atoms with Gasteiger partial charge in [-0.25, -0.2) is 0 Å². The van der Waals surface area contributed by atoms with Crippen LogP contribution in [-0.2, 0) is 0 Å². The average molecular weight is 265 g/mol. The first-order chi connectivity index (χ1) is 9.65. The van der Waals surface area contributed by atoms with E-state index in [4.69, 9.17) is 0 Å². The molecule has 0 N–H and O–H groups in total. The molecule has 0 atom stereocenters. The van der Waals surface area contributed by atoms with Gasteiger partial charge in [0.25, 0.3) is 0 Å². The molecule has 0 bridgehead atoms. The Morgan fingerprint density at radius 1 is 1.15 bits per heavy atom. The monoisotopic (exact) mass is 265 g/mol. The quantitative estimate of drug-likeness (QED) is 0.779. The van der Waals surface area contributed by atoms with E-state index < -0.39 is 0 Å². The maximum absolute atomic E-state index is 12.6. The Morgan fingerprint density at radius 2 is 1.95 bits per heavy atom. The second kappa shape index (κ2) is 5.20. The van der Waals surface area contributed by atoms with Crippen molar-refractivity contribution in [3.05, 3.63) is 64.5 Å². The Bertz CT molecular complexity index is 656. The van der Waals surface area contributed by atoms with Crippen LogP contribution in [0.3, 0.4) is 0 Å². The minimum atomic E-state index is 0.0798. The van der Waals surface area contributed by atoms with Crippen LogP contribution in [0.5, 0.6) is 0 Å². The van der Waals surface area contributed by atoms with E-state index in [2.05, 4.69) is 17.1 Å². The Balaban J connectivity index is 1.93. The van der Waals surface area contributed by atoms with Gasteiger partial charge in [0.1, 0.15) is 0 Å². The fourth-order valence-electron chi connectivity index (χ4n) is 2.76. The maximum atomic E-state index is 12.6. The second-order valence-electron chi connectivity index (χ2n) is 5.67. The highest BCUT2D eigenvalue weighted by atomic mass is 16.1.